The van der Waals surface area contributed by atoms with E-state index in [4.69, 9.17) is 9.47 Å². The maximum atomic E-state index is 11.2. The molecule has 1 heterocycles. The number of carbonyl (C=O) groups is 1. The number of carboxylic acid groups (broad SMARTS) is 1. The van der Waals surface area contributed by atoms with Crippen molar-refractivity contribution in [2.45, 2.75) is 45.0 Å². The van der Waals surface area contributed by atoms with Crippen molar-refractivity contribution in [1.29, 1.82) is 0 Å². The van der Waals surface area contributed by atoms with Crippen LogP contribution in [0.4, 0.5) is 0 Å². The van der Waals surface area contributed by atoms with Gasteiger partial charge in [0.05, 0.1) is 24.2 Å². The molecule has 1 saturated heterocycles. The van der Waals surface area contributed by atoms with E-state index in [9.17, 15) is 9.90 Å². The van der Waals surface area contributed by atoms with Crippen molar-refractivity contribution in [3.8, 4) is 0 Å². The fourth-order valence-corrected chi connectivity index (χ4v) is 2.69. The average Bonchev–Trinajstić information content (AvgIpc) is 2.82. The van der Waals surface area contributed by atoms with Crippen LogP contribution in [0.3, 0.4) is 0 Å². The fraction of sp³-hybridized carbons (Fsp3) is 0.917. The normalized spacial score (nSPS) is 44.3. The van der Waals surface area contributed by atoms with Crippen LogP contribution in [0.5, 0.6) is 0 Å². The first-order chi connectivity index (χ1) is 7.54. The second-order valence-corrected chi connectivity index (χ2v) is 5.14. The largest absolute Gasteiger partial charge is 0.481 e. The molecule has 16 heavy (non-hydrogen) atoms. The zero-order chi connectivity index (χ0) is 11.9. The van der Waals surface area contributed by atoms with Crippen LogP contribution in [-0.4, -0.2) is 36.5 Å². The van der Waals surface area contributed by atoms with Crippen molar-refractivity contribution in [3.05, 3.63) is 0 Å². The van der Waals surface area contributed by atoms with Crippen molar-refractivity contribution < 1.29 is 19.4 Å². The molecule has 1 aliphatic carbocycles. The Balaban J connectivity index is 2.02. The molecule has 6 unspecified atom stereocenters. The molecule has 92 valence electrons. The first kappa shape index (κ1) is 11.9. The molecular formula is C12H20O4. The van der Waals surface area contributed by atoms with Crippen LogP contribution in [0.2, 0.25) is 0 Å². The third-order valence-electron chi connectivity index (χ3n) is 4.02. The molecule has 0 aromatic rings. The third-order valence-corrected chi connectivity index (χ3v) is 4.02. The molecule has 0 radical (unpaired) electrons. The lowest BCUT2D eigenvalue weighted by Gasteiger charge is -2.21. The predicted octanol–water partition coefficient (Wildman–Crippen LogP) is 1.54. The molecule has 0 amide bonds. The van der Waals surface area contributed by atoms with Crippen LogP contribution in [0.1, 0.15) is 26.7 Å². The van der Waals surface area contributed by atoms with Crippen LogP contribution in [0.15, 0.2) is 0 Å². The average molecular weight is 228 g/mol. The molecule has 4 nitrogen and oxygen atoms in total. The molecule has 2 rings (SSSR count). The van der Waals surface area contributed by atoms with E-state index in [1.165, 1.54) is 6.42 Å². The van der Waals surface area contributed by atoms with Gasteiger partial charge in [-0.25, -0.2) is 0 Å². The van der Waals surface area contributed by atoms with E-state index in [2.05, 4.69) is 6.92 Å². The Kier molecular flexibility index (Phi) is 3.22. The number of methoxy groups -OCH3 is 1. The van der Waals surface area contributed by atoms with Gasteiger partial charge in [-0.15, -0.1) is 0 Å². The standard InChI is InChI=1S/C12H20O4/c1-6-4-8(6)10-5-9(12(13)14)11(16-10)7(2)15-3/h6-11H,4-5H2,1-3H3,(H,13,14). The van der Waals surface area contributed by atoms with E-state index >= 15 is 0 Å². The van der Waals surface area contributed by atoms with E-state index in [-0.39, 0.29) is 18.3 Å². The first-order valence-corrected chi connectivity index (χ1v) is 5.95. The number of hydrogen-bond acceptors (Lipinski definition) is 3. The van der Waals surface area contributed by atoms with Crippen LogP contribution in [0, 0.1) is 17.8 Å². The topological polar surface area (TPSA) is 55.8 Å². The van der Waals surface area contributed by atoms with Crippen LogP contribution in [-0.2, 0) is 14.3 Å². The summed E-state index contributed by atoms with van der Waals surface area (Å²) in [6.07, 6.45) is 1.49. The minimum absolute atomic E-state index is 0.124. The molecule has 1 N–H and O–H groups in total. The van der Waals surface area contributed by atoms with Gasteiger partial charge in [-0.05, 0) is 31.6 Å². The predicted molar refractivity (Wildman–Crippen MR) is 58.1 cm³/mol. The van der Waals surface area contributed by atoms with E-state index in [0.717, 1.165) is 0 Å². The van der Waals surface area contributed by atoms with E-state index in [0.29, 0.717) is 18.3 Å². The van der Waals surface area contributed by atoms with Crippen molar-refractivity contribution >= 4 is 5.97 Å². The lowest BCUT2D eigenvalue weighted by molar-refractivity contribution is -0.146. The second-order valence-electron chi connectivity index (χ2n) is 5.14. The van der Waals surface area contributed by atoms with E-state index in [1.54, 1.807) is 7.11 Å². The molecule has 0 aromatic heterocycles. The summed E-state index contributed by atoms with van der Waals surface area (Å²) in [7, 11) is 1.60. The molecule has 2 aliphatic rings. The Hall–Kier alpha value is -0.610. The smallest absolute Gasteiger partial charge is 0.309 e. The Morgan fingerprint density at radius 3 is 2.56 bits per heavy atom. The van der Waals surface area contributed by atoms with E-state index in [1.807, 2.05) is 6.92 Å². The third kappa shape index (κ3) is 2.09. The van der Waals surface area contributed by atoms with Crippen molar-refractivity contribution in [2.75, 3.05) is 7.11 Å². The SMILES string of the molecule is COC(C)C1OC(C2CC2C)CC1C(=O)O. The number of aliphatic carboxylic acids is 1. The molecule has 4 heteroatoms. The number of hydrogen-bond donors (Lipinski definition) is 1. The number of rotatable bonds is 4. The van der Waals surface area contributed by atoms with Crippen LogP contribution < -0.4 is 0 Å². The lowest BCUT2D eigenvalue weighted by Crippen LogP contribution is -2.34. The zero-order valence-electron chi connectivity index (χ0n) is 10.1. The second kappa shape index (κ2) is 4.34. The van der Waals surface area contributed by atoms with Crippen molar-refractivity contribution in [2.24, 2.45) is 17.8 Å². The van der Waals surface area contributed by atoms with Gasteiger partial charge < -0.3 is 14.6 Å². The maximum Gasteiger partial charge on any atom is 0.309 e. The Morgan fingerprint density at radius 2 is 2.12 bits per heavy atom. The van der Waals surface area contributed by atoms with Gasteiger partial charge in [0.2, 0.25) is 0 Å². The highest BCUT2D eigenvalue weighted by Crippen LogP contribution is 2.47. The fourth-order valence-electron chi connectivity index (χ4n) is 2.69. The van der Waals surface area contributed by atoms with Crippen LogP contribution >= 0.6 is 0 Å². The highest BCUT2D eigenvalue weighted by molar-refractivity contribution is 5.71. The molecular weight excluding hydrogens is 208 g/mol. The van der Waals surface area contributed by atoms with Gasteiger partial charge >= 0.3 is 5.97 Å². The van der Waals surface area contributed by atoms with Gasteiger partial charge in [0.15, 0.2) is 0 Å². The first-order valence-electron chi connectivity index (χ1n) is 5.95. The summed E-state index contributed by atoms with van der Waals surface area (Å²) in [5.41, 5.74) is 0. The molecule has 0 aromatic carbocycles. The number of ether oxygens (including phenoxy) is 2. The van der Waals surface area contributed by atoms with Crippen LogP contribution in [0.25, 0.3) is 0 Å². The van der Waals surface area contributed by atoms with Crippen molar-refractivity contribution in [1.82, 2.24) is 0 Å². The lowest BCUT2D eigenvalue weighted by atomic mass is 9.95. The minimum atomic E-state index is -0.760. The Labute approximate surface area is 95.9 Å². The summed E-state index contributed by atoms with van der Waals surface area (Å²) >= 11 is 0. The van der Waals surface area contributed by atoms with Gasteiger partial charge in [-0.2, -0.15) is 0 Å². The summed E-state index contributed by atoms with van der Waals surface area (Å²) in [4.78, 5) is 11.2. The summed E-state index contributed by atoms with van der Waals surface area (Å²) in [5, 5.41) is 9.18. The highest BCUT2D eigenvalue weighted by Gasteiger charge is 2.50. The number of carboxylic acids is 1. The maximum absolute atomic E-state index is 11.2. The van der Waals surface area contributed by atoms with Gasteiger partial charge in [0.25, 0.3) is 0 Å². The molecule has 2 fully saturated rings. The quantitative estimate of drug-likeness (QED) is 0.793. The van der Waals surface area contributed by atoms with Crippen molar-refractivity contribution in [3.63, 3.8) is 0 Å². The monoisotopic (exact) mass is 228 g/mol. The summed E-state index contributed by atoms with van der Waals surface area (Å²) in [6, 6.07) is 0. The highest BCUT2D eigenvalue weighted by atomic mass is 16.5. The zero-order valence-corrected chi connectivity index (χ0v) is 10.1. The van der Waals surface area contributed by atoms with Gasteiger partial charge in [-0.3, -0.25) is 4.79 Å². The summed E-state index contributed by atoms with van der Waals surface area (Å²) in [5.74, 6) is 0.0874. The Bertz CT molecular complexity index is 278. The summed E-state index contributed by atoms with van der Waals surface area (Å²) in [6.45, 7) is 4.07. The molecule has 1 aliphatic heterocycles. The van der Waals surface area contributed by atoms with E-state index < -0.39 is 11.9 Å². The molecule has 0 spiro atoms. The van der Waals surface area contributed by atoms with Gasteiger partial charge in [-0.1, -0.05) is 6.92 Å². The molecule has 1 saturated carbocycles. The minimum Gasteiger partial charge on any atom is -0.481 e. The van der Waals surface area contributed by atoms with Gasteiger partial charge in [0.1, 0.15) is 0 Å². The van der Waals surface area contributed by atoms with Gasteiger partial charge in [0, 0.05) is 7.11 Å². The summed E-state index contributed by atoms with van der Waals surface area (Å²) < 4.78 is 11.1. The molecule has 0 bridgehead atoms. The molecule has 6 atom stereocenters. The Morgan fingerprint density at radius 1 is 1.50 bits per heavy atom.